The zero-order valence-electron chi connectivity index (χ0n) is 40.5. The summed E-state index contributed by atoms with van der Waals surface area (Å²) >= 11 is 0. The van der Waals surface area contributed by atoms with E-state index in [-0.39, 0.29) is 0 Å². The molecular formula is C60H68N2O7. The average Bonchev–Trinajstić information content (AvgIpc) is 3.38. The van der Waals surface area contributed by atoms with Crippen molar-refractivity contribution in [3.8, 4) is 34.5 Å². The van der Waals surface area contributed by atoms with Crippen LogP contribution < -0.4 is 23.7 Å². The van der Waals surface area contributed by atoms with E-state index < -0.39 is 11.9 Å². The third-order valence-electron chi connectivity index (χ3n) is 11.5. The molecule has 360 valence electrons. The number of rotatable bonds is 30. The van der Waals surface area contributed by atoms with Crippen LogP contribution in [0.1, 0.15) is 148 Å². The number of aliphatic imine (C=N–C) groups is 2. The Balaban J connectivity index is 0.880. The molecule has 6 aromatic rings. The summed E-state index contributed by atoms with van der Waals surface area (Å²) in [5.41, 5.74) is 4.10. The van der Waals surface area contributed by atoms with Gasteiger partial charge >= 0.3 is 11.9 Å². The second-order valence-electron chi connectivity index (χ2n) is 17.2. The highest BCUT2D eigenvalue weighted by molar-refractivity contribution is 5.92. The Morgan fingerprint density at radius 3 is 1.23 bits per heavy atom. The van der Waals surface area contributed by atoms with Gasteiger partial charge in [0.05, 0.1) is 35.7 Å². The fourth-order valence-electron chi connectivity index (χ4n) is 7.46. The topological polar surface area (TPSA) is 105 Å². The summed E-state index contributed by atoms with van der Waals surface area (Å²) in [5, 5.41) is 0. The molecule has 0 heterocycles. The smallest absolute Gasteiger partial charge is 0.343 e. The summed E-state index contributed by atoms with van der Waals surface area (Å²) in [5.74, 6) is 2.85. The molecule has 0 atom stereocenters. The van der Waals surface area contributed by atoms with E-state index >= 15 is 0 Å². The van der Waals surface area contributed by atoms with Crippen LogP contribution >= 0.6 is 0 Å². The van der Waals surface area contributed by atoms with Crippen LogP contribution in [0.2, 0.25) is 0 Å². The molecule has 0 unspecified atom stereocenters. The Morgan fingerprint density at radius 2 is 0.783 bits per heavy atom. The summed E-state index contributed by atoms with van der Waals surface area (Å²) in [4.78, 5) is 34.8. The minimum Gasteiger partial charge on any atom is -0.494 e. The molecule has 0 spiro atoms. The van der Waals surface area contributed by atoms with E-state index in [1.54, 1.807) is 61.0 Å². The zero-order valence-corrected chi connectivity index (χ0v) is 40.5. The number of nitrogens with zero attached hydrogens (tertiary/aromatic N) is 2. The number of carbonyl (C=O) groups excluding carboxylic acids is 2. The lowest BCUT2D eigenvalue weighted by Crippen LogP contribution is -2.08. The van der Waals surface area contributed by atoms with E-state index in [2.05, 4.69) is 23.8 Å². The highest BCUT2D eigenvalue weighted by Crippen LogP contribution is 2.28. The molecule has 6 rings (SSSR count). The number of carbonyl (C=O) groups is 2. The lowest BCUT2D eigenvalue weighted by atomic mass is 10.1. The first-order valence-corrected chi connectivity index (χ1v) is 25.0. The van der Waals surface area contributed by atoms with Gasteiger partial charge in [-0.25, -0.2) is 9.59 Å². The SMILES string of the molecule is CCCCCCCCCCOc1ccc(C(=O)Oc2ccc(C=Nc3ccc(Oc4cccc(N=Cc5ccc(OC(=O)c6ccc(OCCCCCCCCCC)cc6)cc5)c4)cc3)cc2)cc1. The summed E-state index contributed by atoms with van der Waals surface area (Å²) in [7, 11) is 0. The Hall–Kier alpha value is -7.00. The molecule has 6 aromatic carbocycles. The first-order valence-electron chi connectivity index (χ1n) is 25.0. The average molecular weight is 929 g/mol. The number of benzene rings is 6. The molecule has 0 N–H and O–H groups in total. The van der Waals surface area contributed by atoms with Crippen LogP contribution in [0.25, 0.3) is 0 Å². The van der Waals surface area contributed by atoms with Crippen LogP contribution in [0.3, 0.4) is 0 Å². The molecule has 0 aliphatic rings. The van der Waals surface area contributed by atoms with Gasteiger partial charge in [-0.05, 0) is 157 Å². The van der Waals surface area contributed by atoms with E-state index in [1.165, 1.54) is 89.9 Å². The van der Waals surface area contributed by atoms with Crippen LogP contribution in [0, 0.1) is 0 Å². The first-order chi connectivity index (χ1) is 33.9. The summed E-state index contributed by atoms with van der Waals surface area (Å²) in [6, 6.07) is 43.6. The molecule has 0 fully saturated rings. The van der Waals surface area contributed by atoms with Gasteiger partial charge in [0.2, 0.25) is 0 Å². The highest BCUT2D eigenvalue weighted by atomic mass is 16.5. The number of esters is 2. The summed E-state index contributed by atoms with van der Waals surface area (Å²) in [6.45, 7) is 5.84. The van der Waals surface area contributed by atoms with Crippen molar-refractivity contribution in [3.63, 3.8) is 0 Å². The second-order valence-corrected chi connectivity index (χ2v) is 17.2. The van der Waals surface area contributed by atoms with Crippen LogP contribution in [0.15, 0.2) is 156 Å². The molecule has 0 saturated carbocycles. The van der Waals surface area contributed by atoms with Crippen molar-refractivity contribution in [3.05, 3.63) is 168 Å². The Labute approximate surface area is 409 Å². The second kappa shape index (κ2) is 29.7. The molecule has 69 heavy (non-hydrogen) atoms. The van der Waals surface area contributed by atoms with Gasteiger partial charge in [0.25, 0.3) is 0 Å². The van der Waals surface area contributed by atoms with Crippen LogP contribution in [-0.4, -0.2) is 37.6 Å². The molecule has 0 aromatic heterocycles. The molecule has 0 bridgehead atoms. The first kappa shape index (κ1) is 51.4. The van der Waals surface area contributed by atoms with E-state index in [0.717, 1.165) is 46.8 Å². The third-order valence-corrected chi connectivity index (χ3v) is 11.5. The predicted octanol–water partition coefficient (Wildman–Crippen LogP) is 16.5. The van der Waals surface area contributed by atoms with E-state index in [0.29, 0.717) is 47.3 Å². The van der Waals surface area contributed by atoms with Gasteiger partial charge in [0, 0.05) is 18.5 Å². The fraction of sp³-hybridized carbons (Fsp3) is 0.333. The van der Waals surface area contributed by atoms with Crippen LogP contribution in [-0.2, 0) is 0 Å². The Morgan fingerprint density at radius 1 is 0.391 bits per heavy atom. The number of ether oxygens (including phenoxy) is 5. The number of unbranched alkanes of at least 4 members (excludes halogenated alkanes) is 14. The molecule has 9 heteroatoms. The monoisotopic (exact) mass is 929 g/mol. The minimum absolute atomic E-state index is 0.426. The van der Waals surface area contributed by atoms with Crippen molar-refractivity contribution < 1.29 is 33.3 Å². The van der Waals surface area contributed by atoms with Crippen molar-refractivity contribution in [1.29, 1.82) is 0 Å². The maximum absolute atomic E-state index is 12.8. The van der Waals surface area contributed by atoms with Crippen molar-refractivity contribution in [2.24, 2.45) is 9.98 Å². The quantitative estimate of drug-likeness (QED) is 0.0192. The lowest BCUT2D eigenvalue weighted by molar-refractivity contribution is 0.0725. The maximum Gasteiger partial charge on any atom is 0.343 e. The molecule has 0 aliphatic carbocycles. The van der Waals surface area contributed by atoms with E-state index in [1.807, 2.05) is 97.1 Å². The van der Waals surface area contributed by atoms with Gasteiger partial charge in [-0.1, -0.05) is 110 Å². The lowest BCUT2D eigenvalue weighted by Gasteiger charge is -2.08. The van der Waals surface area contributed by atoms with Gasteiger partial charge in [0.15, 0.2) is 0 Å². The Kier molecular flexibility index (Phi) is 22.1. The van der Waals surface area contributed by atoms with Gasteiger partial charge in [-0.3, -0.25) is 9.98 Å². The number of hydrogen-bond acceptors (Lipinski definition) is 9. The van der Waals surface area contributed by atoms with Crippen molar-refractivity contribution in [2.75, 3.05) is 13.2 Å². The van der Waals surface area contributed by atoms with Crippen molar-refractivity contribution in [1.82, 2.24) is 0 Å². The van der Waals surface area contributed by atoms with Crippen molar-refractivity contribution in [2.45, 2.75) is 117 Å². The largest absolute Gasteiger partial charge is 0.494 e. The van der Waals surface area contributed by atoms with Crippen LogP contribution in [0.5, 0.6) is 34.5 Å². The maximum atomic E-state index is 12.8. The van der Waals surface area contributed by atoms with Gasteiger partial charge < -0.3 is 23.7 Å². The summed E-state index contributed by atoms with van der Waals surface area (Å²) < 4.78 is 29.1. The van der Waals surface area contributed by atoms with Gasteiger partial charge in [-0.15, -0.1) is 0 Å². The van der Waals surface area contributed by atoms with Gasteiger partial charge in [0.1, 0.15) is 34.5 Å². The Bertz CT molecular complexity index is 2460. The molecule has 0 amide bonds. The molecule has 9 nitrogen and oxygen atoms in total. The predicted molar refractivity (Wildman–Crippen MR) is 279 cm³/mol. The van der Waals surface area contributed by atoms with E-state index in [4.69, 9.17) is 23.7 Å². The molecule has 0 radical (unpaired) electrons. The zero-order chi connectivity index (χ0) is 48.1. The minimum atomic E-state index is -0.429. The van der Waals surface area contributed by atoms with Crippen molar-refractivity contribution >= 4 is 35.7 Å². The highest BCUT2D eigenvalue weighted by Gasteiger charge is 2.11. The molecular weight excluding hydrogens is 861 g/mol. The van der Waals surface area contributed by atoms with Gasteiger partial charge in [-0.2, -0.15) is 0 Å². The fourth-order valence-corrected chi connectivity index (χ4v) is 7.46. The van der Waals surface area contributed by atoms with Crippen LogP contribution in [0.4, 0.5) is 11.4 Å². The van der Waals surface area contributed by atoms with E-state index in [9.17, 15) is 9.59 Å². The third kappa shape index (κ3) is 19.3. The summed E-state index contributed by atoms with van der Waals surface area (Å²) in [6.07, 6.45) is 23.6. The normalized spacial score (nSPS) is 11.2. The number of hydrogen-bond donors (Lipinski definition) is 0. The standard InChI is InChI=1S/C60H68N2O7/c1-3-5-7-9-11-13-15-17-42-65-53-36-26-49(27-37-53)59(63)68-56-32-22-47(23-33-56)45-61-51-30-40-55(41-31-51)67-58-21-19-20-52(44-58)62-46-48-24-34-57(35-25-48)69-60(64)50-28-38-54(39-29-50)66-43-18-16-14-12-10-8-6-4-2/h19-41,44-46H,3-18,42-43H2,1-2H3. The molecule has 0 saturated heterocycles. The molecule has 0 aliphatic heterocycles.